The fraction of sp³-hybridized carbons (Fsp3) is 0.190. The van der Waals surface area contributed by atoms with Gasteiger partial charge < -0.3 is 4.42 Å². The predicted octanol–water partition coefficient (Wildman–Crippen LogP) is 5.44. The minimum atomic E-state index is 0.326. The molecule has 1 fully saturated rings. The van der Waals surface area contributed by atoms with E-state index in [4.69, 9.17) is 16.6 Å². The van der Waals surface area contributed by atoms with E-state index in [2.05, 4.69) is 36.8 Å². The Bertz CT molecular complexity index is 981. The third-order valence-corrected chi connectivity index (χ3v) is 5.41. The Morgan fingerprint density at radius 1 is 1.07 bits per heavy atom. The number of oxazole rings is 1. The van der Waals surface area contributed by atoms with Gasteiger partial charge in [-0.1, -0.05) is 64.8 Å². The maximum absolute atomic E-state index is 5.74. The van der Waals surface area contributed by atoms with Crippen LogP contribution in [0, 0.1) is 0 Å². The van der Waals surface area contributed by atoms with Gasteiger partial charge in [0.05, 0.1) is 11.9 Å². The second-order valence-electron chi connectivity index (χ2n) is 6.59. The molecule has 1 aliphatic rings. The molecule has 5 nitrogen and oxygen atoms in total. The van der Waals surface area contributed by atoms with Crippen molar-refractivity contribution in [3.8, 4) is 0 Å². The molecule has 7 heteroatoms. The topological polar surface area (TPSA) is 62.5 Å². The summed E-state index contributed by atoms with van der Waals surface area (Å²) in [4.78, 5) is 4.25. The van der Waals surface area contributed by atoms with Crippen LogP contribution in [0.5, 0.6) is 0 Å². The number of thiocarbonyl (C=S) groups is 1. The highest BCUT2D eigenvalue weighted by molar-refractivity contribution is 9.10. The van der Waals surface area contributed by atoms with Gasteiger partial charge in [0.1, 0.15) is 5.76 Å². The van der Waals surface area contributed by atoms with E-state index in [1.807, 2.05) is 54.6 Å². The zero-order valence-corrected chi connectivity index (χ0v) is 17.5. The molecule has 1 heterocycles. The average Bonchev–Trinajstić information content (AvgIpc) is 3.10. The van der Waals surface area contributed by atoms with E-state index in [-0.39, 0.29) is 0 Å². The van der Waals surface area contributed by atoms with Crippen LogP contribution in [0.1, 0.15) is 42.1 Å². The summed E-state index contributed by atoms with van der Waals surface area (Å²) in [6, 6.07) is 18.3. The minimum Gasteiger partial charge on any atom is -0.428 e. The smallest absolute Gasteiger partial charge is 0.301 e. The summed E-state index contributed by atoms with van der Waals surface area (Å²) in [5, 5.41) is 7.82. The molecule has 0 radical (unpaired) electrons. The fourth-order valence-electron chi connectivity index (χ4n) is 2.96. The number of benzene rings is 2. The minimum absolute atomic E-state index is 0.326. The van der Waals surface area contributed by atoms with Crippen molar-refractivity contribution in [3.05, 3.63) is 82.2 Å². The van der Waals surface area contributed by atoms with E-state index >= 15 is 0 Å². The Kier molecular flexibility index (Phi) is 5.83. The van der Waals surface area contributed by atoms with Crippen LogP contribution < -0.4 is 10.7 Å². The van der Waals surface area contributed by atoms with Crippen LogP contribution in [0.3, 0.4) is 0 Å². The number of nitrogens with zero attached hydrogens (tertiary/aromatic N) is 2. The molecule has 0 saturated heterocycles. The number of hydrogen-bond donors (Lipinski definition) is 2. The van der Waals surface area contributed by atoms with Gasteiger partial charge in [-0.25, -0.2) is 4.98 Å². The number of hydrazone groups is 1. The summed E-state index contributed by atoms with van der Waals surface area (Å²) in [6.07, 6.45) is 5.35. The lowest BCUT2D eigenvalue weighted by molar-refractivity contribution is 0.351. The quantitative estimate of drug-likeness (QED) is 0.305. The zero-order valence-electron chi connectivity index (χ0n) is 15.1. The lowest BCUT2D eigenvalue weighted by atomic mass is 9.84. The summed E-state index contributed by atoms with van der Waals surface area (Å²) < 4.78 is 6.76. The molecule has 0 bridgehead atoms. The Hall–Kier alpha value is -2.51. The van der Waals surface area contributed by atoms with Crippen LogP contribution in [0.2, 0.25) is 0 Å². The molecule has 2 aromatic carbocycles. The molecule has 28 heavy (non-hydrogen) atoms. The van der Waals surface area contributed by atoms with E-state index in [0.717, 1.165) is 39.9 Å². The SMILES string of the molecule is S=C(N/N=C(/c1ccccc1)c1ccc(Br)cc1)Nc1ncc(C2CCC2)o1. The zero-order chi connectivity index (χ0) is 19.3. The molecule has 4 rings (SSSR count). The van der Waals surface area contributed by atoms with Gasteiger partial charge in [-0.3, -0.25) is 10.7 Å². The van der Waals surface area contributed by atoms with Crippen LogP contribution in [0.15, 0.2) is 74.8 Å². The van der Waals surface area contributed by atoms with Crippen LogP contribution in [0.4, 0.5) is 6.01 Å². The maximum atomic E-state index is 5.74. The molecule has 1 aromatic heterocycles. The van der Waals surface area contributed by atoms with Crippen LogP contribution >= 0.6 is 28.1 Å². The number of rotatable bonds is 5. The van der Waals surface area contributed by atoms with Gasteiger partial charge >= 0.3 is 6.01 Å². The first-order valence-corrected chi connectivity index (χ1v) is 10.3. The first kappa shape index (κ1) is 18.8. The van der Waals surface area contributed by atoms with Gasteiger partial charge in [0, 0.05) is 21.5 Å². The van der Waals surface area contributed by atoms with Crippen molar-refractivity contribution in [2.24, 2.45) is 5.10 Å². The molecule has 1 saturated carbocycles. The van der Waals surface area contributed by atoms with Crippen LogP contribution in [-0.4, -0.2) is 15.8 Å². The number of anilines is 1. The van der Waals surface area contributed by atoms with E-state index in [1.165, 1.54) is 6.42 Å². The highest BCUT2D eigenvalue weighted by atomic mass is 79.9. The van der Waals surface area contributed by atoms with Crippen molar-refractivity contribution in [1.29, 1.82) is 0 Å². The average molecular weight is 455 g/mol. The highest BCUT2D eigenvalue weighted by Gasteiger charge is 2.23. The van der Waals surface area contributed by atoms with Gasteiger partial charge in [-0.2, -0.15) is 5.10 Å². The molecular weight excluding hydrogens is 436 g/mol. The second kappa shape index (κ2) is 8.67. The van der Waals surface area contributed by atoms with Crippen molar-refractivity contribution in [1.82, 2.24) is 10.4 Å². The molecule has 0 unspecified atom stereocenters. The number of halogens is 1. The van der Waals surface area contributed by atoms with Gasteiger partial charge in [-0.15, -0.1) is 0 Å². The highest BCUT2D eigenvalue weighted by Crippen LogP contribution is 2.37. The van der Waals surface area contributed by atoms with Crippen molar-refractivity contribution in [2.75, 3.05) is 5.32 Å². The Labute approximate surface area is 177 Å². The normalized spacial score (nSPS) is 14.4. The summed E-state index contributed by atoms with van der Waals surface area (Å²) in [5.74, 6) is 1.41. The summed E-state index contributed by atoms with van der Waals surface area (Å²) in [7, 11) is 0. The monoisotopic (exact) mass is 454 g/mol. The van der Waals surface area contributed by atoms with E-state index in [9.17, 15) is 0 Å². The molecule has 2 N–H and O–H groups in total. The molecule has 0 spiro atoms. The maximum Gasteiger partial charge on any atom is 0.301 e. The molecule has 1 aliphatic carbocycles. The van der Waals surface area contributed by atoms with E-state index in [1.54, 1.807) is 6.20 Å². The Morgan fingerprint density at radius 3 is 2.46 bits per heavy atom. The largest absolute Gasteiger partial charge is 0.428 e. The van der Waals surface area contributed by atoms with Gasteiger partial charge in [-0.05, 0) is 37.2 Å². The summed E-state index contributed by atoms with van der Waals surface area (Å²) >= 11 is 8.82. The second-order valence-corrected chi connectivity index (χ2v) is 7.92. The number of hydrogen-bond acceptors (Lipinski definition) is 4. The third kappa shape index (κ3) is 4.48. The van der Waals surface area contributed by atoms with Crippen molar-refractivity contribution in [3.63, 3.8) is 0 Å². The summed E-state index contributed by atoms with van der Waals surface area (Å²) in [6.45, 7) is 0. The Morgan fingerprint density at radius 2 is 1.79 bits per heavy atom. The molecule has 0 aliphatic heterocycles. The third-order valence-electron chi connectivity index (χ3n) is 4.69. The lowest BCUT2D eigenvalue weighted by Crippen LogP contribution is -2.25. The number of nitrogens with one attached hydrogen (secondary N) is 2. The van der Waals surface area contributed by atoms with E-state index < -0.39 is 0 Å². The van der Waals surface area contributed by atoms with Crippen molar-refractivity contribution < 1.29 is 4.42 Å². The Balaban J connectivity index is 1.49. The van der Waals surface area contributed by atoms with Crippen molar-refractivity contribution >= 4 is 45.0 Å². The van der Waals surface area contributed by atoms with E-state index in [0.29, 0.717) is 17.0 Å². The van der Waals surface area contributed by atoms with Gasteiger partial charge in [0.15, 0.2) is 5.11 Å². The van der Waals surface area contributed by atoms with Crippen LogP contribution in [0.25, 0.3) is 0 Å². The predicted molar refractivity (Wildman–Crippen MR) is 119 cm³/mol. The van der Waals surface area contributed by atoms with Crippen molar-refractivity contribution in [2.45, 2.75) is 25.2 Å². The van der Waals surface area contributed by atoms with Crippen LogP contribution in [-0.2, 0) is 0 Å². The first-order valence-electron chi connectivity index (χ1n) is 9.11. The fourth-order valence-corrected chi connectivity index (χ4v) is 3.35. The molecule has 0 amide bonds. The summed E-state index contributed by atoms with van der Waals surface area (Å²) in [5.41, 5.74) is 5.67. The molecule has 142 valence electrons. The van der Waals surface area contributed by atoms with Gasteiger partial charge in [0.2, 0.25) is 0 Å². The lowest BCUT2D eigenvalue weighted by Gasteiger charge is -2.22. The first-order chi connectivity index (χ1) is 13.7. The standard InChI is InChI=1S/C21H19BrN4OS/c22-17-11-9-16(10-12-17)19(15-5-2-1-3-6-15)25-26-21(28)24-20-23-13-18(27-20)14-7-4-8-14/h1-3,5-6,9-14H,4,7-8H2,(H2,23,24,26,28)/b25-19-. The number of aromatic nitrogens is 1. The molecular formula is C21H19BrN4OS. The van der Waals surface area contributed by atoms with Gasteiger partial charge in [0.25, 0.3) is 0 Å². The molecule has 0 atom stereocenters. The molecule has 3 aromatic rings.